The molecule has 1 saturated heterocycles. The van der Waals surface area contributed by atoms with E-state index in [1.807, 2.05) is 16.7 Å². The number of amides is 2. The number of rotatable bonds is 8. The van der Waals surface area contributed by atoms with Gasteiger partial charge in [-0.1, -0.05) is 43.5 Å². The van der Waals surface area contributed by atoms with E-state index >= 15 is 0 Å². The molecule has 2 aromatic heterocycles. The molecule has 2 amide bonds. The highest BCUT2D eigenvalue weighted by atomic mass is 32.2. The maximum Gasteiger partial charge on any atom is 0.323 e. The molecule has 1 aliphatic heterocycles. The van der Waals surface area contributed by atoms with Gasteiger partial charge >= 0.3 is 10.2 Å². The standard InChI is InChI=1S/C31H34N4O6S/c36-28(34-14-17-40-18-15-34)20-35-27-19-23(31(37)33-42(38,39)32-25-9-5-2-6-10-25)11-12-26(27)29(22-7-3-1-4-8-22)30(35)24-13-16-41-21-24/h2,5-6,9-13,16,19,21-22,32H,1,3-4,7-8,14-15,17-18,20H2,(H,33,37). The summed E-state index contributed by atoms with van der Waals surface area (Å²) in [6.07, 6.45) is 8.83. The van der Waals surface area contributed by atoms with E-state index in [-0.39, 0.29) is 18.0 Å². The van der Waals surface area contributed by atoms with Gasteiger partial charge in [0.25, 0.3) is 5.91 Å². The maximum absolute atomic E-state index is 13.6. The number of para-hydroxylation sites is 1. The van der Waals surface area contributed by atoms with Crippen molar-refractivity contribution < 1.29 is 27.2 Å². The van der Waals surface area contributed by atoms with E-state index in [1.165, 1.54) is 6.42 Å². The minimum atomic E-state index is -4.18. The number of carbonyl (C=O) groups is 2. The first kappa shape index (κ1) is 28.0. The van der Waals surface area contributed by atoms with Gasteiger partial charge in [0.1, 0.15) is 6.54 Å². The van der Waals surface area contributed by atoms with Gasteiger partial charge in [-0.05, 0) is 54.7 Å². The Morgan fingerprint density at radius 3 is 2.43 bits per heavy atom. The van der Waals surface area contributed by atoms with Crippen molar-refractivity contribution in [3.05, 3.63) is 78.3 Å². The molecule has 0 radical (unpaired) electrons. The molecule has 6 rings (SSSR count). The van der Waals surface area contributed by atoms with Gasteiger partial charge in [0.2, 0.25) is 5.91 Å². The van der Waals surface area contributed by atoms with Crippen molar-refractivity contribution in [2.24, 2.45) is 0 Å². The van der Waals surface area contributed by atoms with E-state index in [0.29, 0.717) is 43.4 Å². The largest absolute Gasteiger partial charge is 0.472 e. The summed E-state index contributed by atoms with van der Waals surface area (Å²) in [4.78, 5) is 28.6. The van der Waals surface area contributed by atoms with Gasteiger partial charge < -0.3 is 18.6 Å². The van der Waals surface area contributed by atoms with Crippen molar-refractivity contribution in [3.63, 3.8) is 0 Å². The molecule has 0 atom stereocenters. The van der Waals surface area contributed by atoms with Crippen LogP contribution in [0, 0.1) is 0 Å². The fourth-order valence-electron chi connectivity index (χ4n) is 6.11. The maximum atomic E-state index is 13.6. The fraction of sp³-hybridized carbons (Fsp3) is 0.355. The lowest BCUT2D eigenvalue weighted by molar-refractivity contribution is -0.135. The third-order valence-corrected chi connectivity index (χ3v) is 9.04. The Kier molecular flexibility index (Phi) is 8.03. The van der Waals surface area contributed by atoms with Crippen molar-refractivity contribution in [2.75, 3.05) is 31.0 Å². The van der Waals surface area contributed by atoms with Crippen LogP contribution in [0.5, 0.6) is 0 Å². The average Bonchev–Trinajstić information content (AvgIpc) is 3.64. The third-order valence-electron chi connectivity index (χ3n) is 8.08. The van der Waals surface area contributed by atoms with E-state index in [2.05, 4.69) is 9.44 Å². The number of nitrogens with one attached hydrogen (secondary N) is 2. The monoisotopic (exact) mass is 590 g/mol. The number of aromatic nitrogens is 1. The van der Waals surface area contributed by atoms with Crippen LogP contribution in [0.2, 0.25) is 0 Å². The number of furan rings is 1. The lowest BCUT2D eigenvalue weighted by Crippen LogP contribution is -2.42. The molecule has 2 aliphatic rings. The quantitative estimate of drug-likeness (QED) is 0.301. The van der Waals surface area contributed by atoms with Gasteiger partial charge in [-0.15, -0.1) is 0 Å². The number of carbonyl (C=O) groups excluding carboxylic acids is 2. The molecule has 2 aromatic carbocycles. The van der Waals surface area contributed by atoms with Crippen LogP contribution in [0.3, 0.4) is 0 Å². The van der Waals surface area contributed by atoms with Gasteiger partial charge in [-0.25, -0.2) is 4.72 Å². The van der Waals surface area contributed by atoms with E-state index in [0.717, 1.165) is 47.9 Å². The van der Waals surface area contributed by atoms with E-state index in [4.69, 9.17) is 9.15 Å². The summed E-state index contributed by atoms with van der Waals surface area (Å²) in [6.45, 7) is 2.11. The highest BCUT2D eigenvalue weighted by Crippen LogP contribution is 2.44. The number of hydrogen-bond acceptors (Lipinski definition) is 6. The van der Waals surface area contributed by atoms with Gasteiger partial charge in [-0.3, -0.25) is 14.3 Å². The molecular weight excluding hydrogens is 556 g/mol. The number of ether oxygens (including phenoxy) is 1. The first-order chi connectivity index (χ1) is 20.4. The summed E-state index contributed by atoms with van der Waals surface area (Å²) < 4.78 is 42.9. The molecule has 3 heterocycles. The zero-order chi connectivity index (χ0) is 29.1. The van der Waals surface area contributed by atoms with Gasteiger partial charge in [-0.2, -0.15) is 8.42 Å². The Labute approximate surface area is 244 Å². The zero-order valence-corrected chi connectivity index (χ0v) is 24.1. The Balaban J connectivity index is 1.42. The summed E-state index contributed by atoms with van der Waals surface area (Å²) in [7, 11) is -4.18. The first-order valence-electron chi connectivity index (χ1n) is 14.3. The van der Waals surface area contributed by atoms with Crippen LogP contribution in [-0.2, 0) is 26.3 Å². The van der Waals surface area contributed by atoms with Crippen molar-refractivity contribution >= 4 is 38.6 Å². The number of hydrogen-bond donors (Lipinski definition) is 2. The van der Waals surface area contributed by atoms with Crippen LogP contribution in [0.25, 0.3) is 22.2 Å². The molecule has 1 aliphatic carbocycles. The molecule has 1 saturated carbocycles. The third kappa shape index (κ3) is 5.93. The van der Waals surface area contributed by atoms with E-state index in [9.17, 15) is 18.0 Å². The smallest absolute Gasteiger partial charge is 0.323 e. The average molecular weight is 591 g/mol. The Bertz CT molecular complexity index is 1670. The predicted molar refractivity (Wildman–Crippen MR) is 159 cm³/mol. The topological polar surface area (TPSA) is 123 Å². The number of benzene rings is 2. The lowest BCUT2D eigenvalue weighted by atomic mass is 9.82. The first-order valence-corrected chi connectivity index (χ1v) is 15.8. The van der Waals surface area contributed by atoms with Crippen LogP contribution in [-0.4, -0.2) is 56.0 Å². The predicted octanol–water partition coefficient (Wildman–Crippen LogP) is 4.89. The summed E-state index contributed by atoms with van der Waals surface area (Å²) in [5.41, 5.74) is 4.13. The number of anilines is 1. The molecule has 10 nitrogen and oxygen atoms in total. The van der Waals surface area contributed by atoms with E-state index in [1.54, 1.807) is 59.9 Å². The molecule has 0 spiro atoms. The van der Waals surface area contributed by atoms with Crippen molar-refractivity contribution in [1.29, 1.82) is 0 Å². The molecule has 42 heavy (non-hydrogen) atoms. The number of fused-ring (bicyclic) bond motifs is 1. The molecule has 2 fully saturated rings. The Morgan fingerprint density at radius 1 is 0.952 bits per heavy atom. The Morgan fingerprint density at radius 2 is 1.71 bits per heavy atom. The van der Waals surface area contributed by atoms with Crippen LogP contribution in [0.4, 0.5) is 5.69 Å². The van der Waals surface area contributed by atoms with Crippen LogP contribution >= 0.6 is 0 Å². The summed E-state index contributed by atoms with van der Waals surface area (Å²) in [5, 5.41) is 0.953. The SMILES string of the molecule is O=C(NS(=O)(=O)Nc1ccccc1)c1ccc2c(C3CCCCC3)c(-c3ccoc3)n(CC(=O)N3CCOCC3)c2c1. The van der Waals surface area contributed by atoms with Crippen LogP contribution in [0.15, 0.2) is 71.5 Å². The summed E-state index contributed by atoms with van der Waals surface area (Å²) in [6, 6.07) is 15.5. The van der Waals surface area contributed by atoms with Crippen molar-refractivity contribution in [2.45, 2.75) is 44.6 Å². The van der Waals surface area contributed by atoms with Gasteiger partial charge in [0, 0.05) is 29.6 Å². The minimum absolute atomic E-state index is 0.0420. The van der Waals surface area contributed by atoms with Crippen molar-refractivity contribution in [1.82, 2.24) is 14.2 Å². The second kappa shape index (κ2) is 12.0. The molecule has 4 aromatic rings. The summed E-state index contributed by atoms with van der Waals surface area (Å²) >= 11 is 0. The van der Waals surface area contributed by atoms with Gasteiger partial charge in [0.15, 0.2) is 0 Å². The minimum Gasteiger partial charge on any atom is -0.472 e. The second-order valence-corrected chi connectivity index (χ2v) is 12.2. The molecule has 11 heteroatoms. The van der Waals surface area contributed by atoms with Crippen LogP contribution < -0.4 is 9.44 Å². The lowest BCUT2D eigenvalue weighted by Gasteiger charge is -2.27. The molecule has 220 valence electrons. The highest BCUT2D eigenvalue weighted by Gasteiger charge is 2.29. The zero-order valence-electron chi connectivity index (χ0n) is 23.3. The van der Waals surface area contributed by atoms with E-state index < -0.39 is 16.1 Å². The summed E-state index contributed by atoms with van der Waals surface area (Å²) in [5.74, 6) is -0.516. The second-order valence-electron chi connectivity index (χ2n) is 10.8. The fourth-order valence-corrected chi connectivity index (χ4v) is 6.97. The number of nitrogens with zero attached hydrogens (tertiary/aromatic N) is 2. The van der Waals surface area contributed by atoms with Crippen LogP contribution in [0.1, 0.15) is 53.9 Å². The van der Waals surface area contributed by atoms with Crippen molar-refractivity contribution in [3.8, 4) is 11.3 Å². The molecular formula is C31H34N4O6S. The van der Waals surface area contributed by atoms with Gasteiger partial charge in [0.05, 0.1) is 42.6 Å². The normalized spacial score (nSPS) is 16.4. The molecule has 0 bridgehead atoms. The molecule has 2 N–H and O–H groups in total. The highest BCUT2D eigenvalue weighted by molar-refractivity contribution is 7.91. The Hall–Kier alpha value is -4.09. The number of morpholine rings is 1. The molecule has 0 unspecified atom stereocenters.